The zero-order chi connectivity index (χ0) is 23.4. The van der Waals surface area contributed by atoms with Crippen LogP contribution in [0.15, 0.2) is 109 Å². The van der Waals surface area contributed by atoms with E-state index in [1.54, 1.807) is 13.4 Å². The monoisotopic (exact) mass is 456 g/mol. The normalized spacial score (nSPS) is 12.5. The first-order valence-corrected chi connectivity index (χ1v) is 14.4. The fourth-order valence-corrected chi connectivity index (χ4v) is 6.95. The van der Waals surface area contributed by atoms with E-state index in [4.69, 9.17) is 9.16 Å². The molecule has 2 nitrogen and oxygen atoms in total. The van der Waals surface area contributed by atoms with Gasteiger partial charge in [-0.05, 0) is 41.4 Å². The van der Waals surface area contributed by atoms with E-state index in [1.165, 1.54) is 35.2 Å². The minimum Gasteiger partial charge on any atom is -0.534 e. The SMILES string of the molecule is CCCCCCC(/C=C/OC)=C(/O[Si](C)(c1ccccc1)c1ccccc1)c1ccccc1. The molecule has 0 heterocycles. The molecule has 3 heteroatoms. The Balaban J connectivity index is 2.13. The summed E-state index contributed by atoms with van der Waals surface area (Å²) < 4.78 is 12.6. The topological polar surface area (TPSA) is 18.5 Å². The van der Waals surface area contributed by atoms with Crippen LogP contribution in [0.3, 0.4) is 0 Å². The van der Waals surface area contributed by atoms with Crippen LogP contribution >= 0.6 is 0 Å². The summed E-state index contributed by atoms with van der Waals surface area (Å²) in [6, 6.07) is 31.9. The molecule has 0 aliphatic heterocycles. The molecule has 3 rings (SSSR count). The van der Waals surface area contributed by atoms with Gasteiger partial charge in [-0.2, -0.15) is 0 Å². The summed E-state index contributed by atoms with van der Waals surface area (Å²) in [5.41, 5.74) is 2.29. The number of allylic oxidation sites excluding steroid dienone is 2. The van der Waals surface area contributed by atoms with Crippen LogP contribution in [0.5, 0.6) is 0 Å². The van der Waals surface area contributed by atoms with Crippen molar-refractivity contribution in [2.45, 2.75) is 45.6 Å². The number of hydrogen-bond acceptors (Lipinski definition) is 2. The summed E-state index contributed by atoms with van der Waals surface area (Å²) in [5.74, 6) is 0.960. The van der Waals surface area contributed by atoms with Gasteiger partial charge in [-0.3, -0.25) is 0 Å². The first-order valence-electron chi connectivity index (χ1n) is 12.0. The summed E-state index contributed by atoms with van der Waals surface area (Å²) in [4.78, 5) is 0. The van der Waals surface area contributed by atoms with Gasteiger partial charge in [0.25, 0.3) is 0 Å². The Morgan fingerprint density at radius 1 is 0.758 bits per heavy atom. The second-order valence-electron chi connectivity index (χ2n) is 8.44. The molecule has 0 unspecified atom stereocenters. The molecule has 0 aromatic heterocycles. The van der Waals surface area contributed by atoms with Crippen molar-refractivity contribution in [1.82, 2.24) is 0 Å². The highest BCUT2D eigenvalue weighted by Gasteiger charge is 2.37. The molecule has 3 aromatic carbocycles. The smallest absolute Gasteiger partial charge is 0.311 e. The first kappa shape index (κ1) is 24.6. The van der Waals surface area contributed by atoms with Gasteiger partial charge in [0.2, 0.25) is 0 Å². The van der Waals surface area contributed by atoms with E-state index < -0.39 is 8.32 Å². The van der Waals surface area contributed by atoms with Gasteiger partial charge in [-0.25, -0.2) is 0 Å². The van der Waals surface area contributed by atoms with Crippen LogP contribution in [0.1, 0.15) is 44.6 Å². The highest BCUT2D eigenvalue weighted by Crippen LogP contribution is 2.29. The first-order chi connectivity index (χ1) is 16.2. The lowest BCUT2D eigenvalue weighted by Crippen LogP contribution is -2.58. The molecule has 0 spiro atoms. The van der Waals surface area contributed by atoms with Crippen molar-refractivity contribution in [3.8, 4) is 0 Å². The summed E-state index contributed by atoms with van der Waals surface area (Å²) in [7, 11) is -0.841. The molecule has 3 aromatic rings. The molecule has 0 saturated carbocycles. The minimum absolute atomic E-state index is 0.956. The zero-order valence-corrected chi connectivity index (χ0v) is 21.2. The molecular formula is C30H36O2Si. The van der Waals surface area contributed by atoms with Gasteiger partial charge in [-0.15, -0.1) is 0 Å². The summed E-state index contributed by atoms with van der Waals surface area (Å²) in [6.07, 6.45) is 9.63. The van der Waals surface area contributed by atoms with E-state index in [1.807, 2.05) is 0 Å². The van der Waals surface area contributed by atoms with E-state index in [2.05, 4.69) is 111 Å². The Hall–Kier alpha value is -3.04. The Morgan fingerprint density at radius 2 is 1.30 bits per heavy atom. The maximum absolute atomic E-state index is 7.22. The Labute approximate surface area is 200 Å². The summed E-state index contributed by atoms with van der Waals surface area (Å²) in [5, 5.41) is 2.51. The Kier molecular flexibility index (Phi) is 9.58. The van der Waals surface area contributed by atoms with Crippen LogP contribution in [-0.4, -0.2) is 15.4 Å². The number of methoxy groups -OCH3 is 1. The van der Waals surface area contributed by atoms with Crippen molar-refractivity contribution in [3.05, 3.63) is 114 Å². The third kappa shape index (κ3) is 6.72. The number of ether oxygens (including phenoxy) is 1. The van der Waals surface area contributed by atoms with Crippen molar-refractivity contribution >= 4 is 24.5 Å². The van der Waals surface area contributed by atoms with E-state index in [0.717, 1.165) is 24.2 Å². The molecule has 0 N–H and O–H groups in total. The van der Waals surface area contributed by atoms with Crippen LogP contribution in [0.25, 0.3) is 5.76 Å². The summed E-state index contributed by atoms with van der Waals surface area (Å²) in [6.45, 7) is 4.55. The van der Waals surface area contributed by atoms with Crippen LogP contribution in [0.4, 0.5) is 0 Å². The number of rotatable bonds is 12. The van der Waals surface area contributed by atoms with Gasteiger partial charge in [0.05, 0.1) is 13.4 Å². The number of benzene rings is 3. The van der Waals surface area contributed by atoms with Gasteiger partial charge in [0.15, 0.2) is 0 Å². The molecule has 0 aliphatic carbocycles. The predicted octanol–water partition coefficient (Wildman–Crippen LogP) is 6.93. The molecule has 0 aliphatic rings. The summed E-state index contributed by atoms with van der Waals surface area (Å²) >= 11 is 0. The van der Waals surface area contributed by atoms with Crippen molar-refractivity contribution in [1.29, 1.82) is 0 Å². The van der Waals surface area contributed by atoms with Crippen molar-refractivity contribution in [2.24, 2.45) is 0 Å². The lowest BCUT2D eigenvalue weighted by atomic mass is 10.0. The molecule has 0 bridgehead atoms. The van der Waals surface area contributed by atoms with Gasteiger partial charge >= 0.3 is 8.32 Å². The molecule has 172 valence electrons. The molecule has 0 fully saturated rings. The molecule has 0 atom stereocenters. The lowest BCUT2D eigenvalue weighted by Gasteiger charge is -2.32. The molecule has 0 radical (unpaired) electrons. The molecule has 0 saturated heterocycles. The maximum Gasteiger partial charge on any atom is 0.311 e. The molecule has 0 amide bonds. The second kappa shape index (κ2) is 12.9. The van der Waals surface area contributed by atoms with Crippen LogP contribution in [0.2, 0.25) is 6.55 Å². The van der Waals surface area contributed by atoms with Crippen LogP contribution < -0.4 is 10.4 Å². The van der Waals surface area contributed by atoms with Crippen molar-refractivity contribution < 1.29 is 9.16 Å². The van der Waals surface area contributed by atoms with E-state index in [9.17, 15) is 0 Å². The van der Waals surface area contributed by atoms with E-state index in [0.29, 0.717) is 0 Å². The van der Waals surface area contributed by atoms with Gasteiger partial charge in [0, 0.05) is 5.56 Å². The fourth-order valence-electron chi connectivity index (χ4n) is 4.07. The average Bonchev–Trinajstić information content (AvgIpc) is 2.88. The van der Waals surface area contributed by atoms with Gasteiger partial charge in [-0.1, -0.05) is 117 Å². The zero-order valence-electron chi connectivity index (χ0n) is 20.2. The van der Waals surface area contributed by atoms with Crippen molar-refractivity contribution in [2.75, 3.05) is 7.11 Å². The minimum atomic E-state index is -2.54. The quantitative estimate of drug-likeness (QED) is 0.127. The third-order valence-electron chi connectivity index (χ3n) is 5.99. The average molecular weight is 457 g/mol. The van der Waals surface area contributed by atoms with Gasteiger partial charge < -0.3 is 9.16 Å². The standard InChI is InChI=1S/C30H36O2Si/c1-4-5-6-10-19-27(24-25-31-2)30(26-17-11-7-12-18-26)32-33(3,28-20-13-8-14-21-28)29-22-15-9-16-23-29/h7-9,11-18,20-25H,4-6,10,19H2,1-3H3/b25-24+,30-27-. The van der Waals surface area contributed by atoms with Crippen molar-refractivity contribution in [3.63, 3.8) is 0 Å². The fraction of sp³-hybridized carbons (Fsp3) is 0.267. The Bertz CT molecular complexity index is 971. The molecular weight excluding hydrogens is 420 g/mol. The maximum atomic E-state index is 7.22. The van der Waals surface area contributed by atoms with Gasteiger partial charge in [0.1, 0.15) is 5.76 Å². The second-order valence-corrected chi connectivity index (χ2v) is 11.9. The largest absolute Gasteiger partial charge is 0.534 e. The van der Waals surface area contributed by atoms with E-state index >= 15 is 0 Å². The van der Waals surface area contributed by atoms with Crippen LogP contribution in [0, 0.1) is 0 Å². The Morgan fingerprint density at radius 3 is 1.82 bits per heavy atom. The highest BCUT2D eigenvalue weighted by atomic mass is 28.4. The molecule has 33 heavy (non-hydrogen) atoms. The highest BCUT2D eigenvalue weighted by molar-refractivity contribution is 6.97. The van der Waals surface area contributed by atoms with Crippen LogP contribution in [-0.2, 0) is 9.16 Å². The number of unbranched alkanes of at least 4 members (excludes halogenated alkanes) is 3. The third-order valence-corrected chi connectivity index (χ3v) is 9.47. The number of hydrogen-bond donors (Lipinski definition) is 0. The predicted molar refractivity (Wildman–Crippen MR) is 143 cm³/mol. The van der Waals surface area contributed by atoms with E-state index in [-0.39, 0.29) is 0 Å². The lowest BCUT2D eigenvalue weighted by molar-refractivity contribution is 0.337.